The molecule has 0 saturated carbocycles. The van der Waals surface area contributed by atoms with Gasteiger partial charge < -0.3 is 15.2 Å². The Morgan fingerprint density at radius 1 is 1.69 bits per heavy atom. The van der Waals surface area contributed by atoms with E-state index < -0.39 is 10.9 Å². The number of carboxylic acid groups (broad SMARTS) is 1. The molecule has 88 valence electrons. The maximum Gasteiger partial charge on any atom is 0.396 e. The fraction of sp³-hybridized carbons (Fsp3) is 0.500. The van der Waals surface area contributed by atoms with E-state index in [-0.39, 0.29) is 18.0 Å². The van der Waals surface area contributed by atoms with Crippen molar-refractivity contribution in [1.82, 2.24) is 9.55 Å². The van der Waals surface area contributed by atoms with Crippen molar-refractivity contribution in [2.75, 3.05) is 5.75 Å². The van der Waals surface area contributed by atoms with Gasteiger partial charge in [0.1, 0.15) is 0 Å². The number of nitro groups is 1. The number of aliphatic carboxylic acids is 1. The molecule has 1 rings (SSSR count). The zero-order chi connectivity index (χ0) is 12.3. The molecule has 1 aromatic rings. The maximum atomic E-state index is 10.7. The van der Waals surface area contributed by atoms with Gasteiger partial charge in [0.2, 0.25) is 5.82 Å². The van der Waals surface area contributed by atoms with Gasteiger partial charge in [0.05, 0.1) is 6.42 Å². The molecule has 0 aliphatic rings. The fourth-order valence-electron chi connectivity index (χ4n) is 1.09. The van der Waals surface area contributed by atoms with E-state index in [0.29, 0.717) is 10.9 Å². The van der Waals surface area contributed by atoms with Crippen LogP contribution < -0.4 is 0 Å². The average Bonchev–Trinajstić information content (AvgIpc) is 2.45. The SMILES string of the molecule is Cc1nc([N+](=O)[O-])c(SCCC(=O)O)n1C. The fourth-order valence-corrected chi connectivity index (χ4v) is 2.13. The van der Waals surface area contributed by atoms with E-state index in [1.54, 1.807) is 18.5 Å². The van der Waals surface area contributed by atoms with E-state index in [9.17, 15) is 14.9 Å². The number of rotatable bonds is 5. The summed E-state index contributed by atoms with van der Waals surface area (Å²) in [6.07, 6.45) is -0.0357. The Hall–Kier alpha value is -1.57. The number of hydrogen-bond acceptors (Lipinski definition) is 5. The van der Waals surface area contributed by atoms with Crippen molar-refractivity contribution >= 4 is 23.5 Å². The first-order valence-corrected chi connectivity index (χ1v) is 5.44. The third kappa shape index (κ3) is 2.72. The summed E-state index contributed by atoms with van der Waals surface area (Å²) < 4.78 is 1.59. The summed E-state index contributed by atoms with van der Waals surface area (Å²) in [5.74, 6) is -0.316. The molecular weight excluding hydrogens is 234 g/mol. The molecular formula is C8H11N3O4S. The van der Waals surface area contributed by atoms with Crippen molar-refractivity contribution < 1.29 is 14.8 Å². The Morgan fingerprint density at radius 2 is 2.31 bits per heavy atom. The molecule has 0 unspecified atom stereocenters. The second-order valence-corrected chi connectivity index (χ2v) is 4.18. The van der Waals surface area contributed by atoms with Crippen LogP contribution in [0.4, 0.5) is 5.82 Å². The molecule has 1 heterocycles. The van der Waals surface area contributed by atoms with Gasteiger partial charge in [0, 0.05) is 19.7 Å². The van der Waals surface area contributed by atoms with Gasteiger partial charge in [-0.25, -0.2) is 0 Å². The van der Waals surface area contributed by atoms with Crippen molar-refractivity contribution in [3.8, 4) is 0 Å². The topological polar surface area (TPSA) is 98.3 Å². The van der Waals surface area contributed by atoms with Crippen molar-refractivity contribution in [2.45, 2.75) is 18.4 Å². The summed E-state index contributed by atoms with van der Waals surface area (Å²) in [5, 5.41) is 19.6. The minimum absolute atomic E-state index is 0.0357. The predicted octanol–water partition coefficient (Wildman–Crippen LogP) is 1.20. The minimum atomic E-state index is -0.922. The Bertz CT molecular complexity index is 429. The van der Waals surface area contributed by atoms with Crippen LogP contribution in [0.2, 0.25) is 0 Å². The molecule has 0 amide bonds. The van der Waals surface area contributed by atoms with Gasteiger partial charge in [-0.3, -0.25) is 9.36 Å². The van der Waals surface area contributed by atoms with Crippen LogP contribution in [0, 0.1) is 17.0 Å². The monoisotopic (exact) mass is 245 g/mol. The highest BCUT2D eigenvalue weighted by molar-refractivity contribution is 7.99. The Morgan fingerprint density at radius 3 is 2.81 bits per heavy atom. The molecule has 0 aliphatic carbocycles. The number of carbonyl (C=O) groups is 1. The molecule has 0 radical (unpaired) electrons. The van der Waals surface area contributed by atoms with Gasteiger partial charge in [-0.15, -0.1) is 0 Å². The van der Waals surface area contributed by atoms with Crippen LogP contribution in [0.25, 0.3) is 0 Å². The van der Waals surface area contributed by atoms with Gasteiger partial charge in [-0.2, -0.15) is 0 Å². The molecule has 1 N–H and O–H groups in total. The van der Waals surface area contributed by atoms with Crippen molar-refractivity contribution in [2.24, 2.45) is 7.05 Å². The lowest BCUT2D eigenvalue weighted by Gasteiger charge is -2.00. The molecule has 8 heteroatoms. The molecule has 16 heavy (non-hydrogen) atoms. The van der Waals surface area contributed by atoms with Crippen LogP contribution >= 0.6 is 11.8 Å². The lowest BCUT2D eigenvalue weighted by molar-refractivity contribution is -0.392. The number of imidazole rings is 1. The number of carboxylic acids is 1. The first kappa shape index (κ1) is 12.5. The van der Waals surface area contributed by atoms with Crippen LogP contribution in [0.3, 0.4) is 0 Å². The lowest BCUT2D eigenvalue weighted by Crippen LogP contribution is -1.99. The van der Waals surface area contributed by atoms with Gasteiger partial charge in [0.25, 0.3) is 0 Å². The molecule has 0 aromatic carbocycles. The van der Waals surface area contributed by atoms with Crippen LogP contribution in [0.1, 0.15) is 12.2 Å². The Balaban J connectivity index is 2.85. The van der Waals surface area contributed by atoms with E-state index in [4.69, 9.17) is 5.11 Å². The van der Waals surface area contributed by atoms with E-state index in [1.165, 1.54) is 0 Å². The number of aryl methyl sites for hydroxylation is 1. The molecule has 0 saturated heterocycles. The third-order valence-corrected chi connectivity index (χ3v) is 3.11. The highest BCUT2D eigenvalue weighted by atomic mass is 32.2. The van der Waals surface area contributed by atoms with E-state index in [2.05, 4.69) is 4.98 Å². The number of aromatic nitrogens is 2. The Kier molecular flexibility index (Phi) is 3.88. The van der Waals surface area contributed by atoms with Crippen LogP contribution in [0.5, 0.6) is 0 Å². The van der Waals surface area contributed by atoms with Crippen LogP contribution in [-0.2, 0) is 11.8 Å². The van der Waals surface area contributed by atoms with Gasteiger partial charge >= 0.3 is 11.8 Å². The summed E-state index contributed by atoms with van der Waals surface area (Å²) >= 11 is 1.13. The largest absolute Gasteiger partial charge is 0.481 e. The quantitative estimate of drug-likeness (QED) is 0.475. The maximum absolute atomic E-state index is 10.7. The van der Waals surface area contributed by atoms with E-state index >= 15 is 0 Å². The summed E-state index contributed by atoms with van der Waals surface area (Å²) in [6, 6.07) is 0. The molecule has 0 bridgehead atoms. The van der Waals surface area contributed by atoms with Crippen molar-refractivity contribution in [3.05, 3.63) is 15.9 Å². The van der Waals surface area contributed by atoms with E-state index in [0.717, 1.165) is 11.8 Å². The molecule has 0 atom stereocenters. The summed E-state index contributed by atoms with van der Waals surface area (Å²) in [5.41, 5.74) is 0. The minimum Gasteiger partial charge on any atom is -0.481 e. The lowest BCUT2D eigenvalue weighted by atomic mass is 10.5. The normalized spacial score (nSPS) is 10.4. The number of thioether (sulfide) groups is 1. The highest BCUT2D eigenvalue weighted by Gasteiger charge is 2.23. The Labute approximate surface area is 95.6 Å². The average molecular weight is 245 g/mol. The summed E-state index contributed by atoms with van der Waals surface area (Å²) in [4.78, 5) is 24.3. The first-order valence-electron chi connectivity index (χ1n) is 4.45. The molecule has 0 fully saturated rings. The van der Waals surface area contributed by atoms with Crippen molar-refractivity contribution in [1.29, 1.82) is 0 Å². The van der Waals surface area contributed by atoms with Gasteiger partial charge in [-0.1, -0.05) is 11.8 Å². The first-order chi connectivity index (χ1) is 7.43. The third-order valence-electron chi connectivity index (χ3n) is 1.98. The standard InChI is InChI=1S/C8H11N3O4S/c1-5-9-7(11(14)15)8(10(5)2)16-4-3-6(12)13/h3-4H2,1-2H3,(H,12,13). The summed E-state index contributed by atoms with van der Waals surface area (Å²) in [6.45, 7) is 1.66. The summed E-state index contributed by atoms with van der Waals surface area (Å²) in [7, 11) is 1.67. The van der Waals surface area contributed by atoms with Crippen molar-refractivity contribution in [3.63, 3.8) is 0 Å². The molecule has 1 aromatic heterocycles. The zero-order valence-electron chi connectivity index (χ0n) is 8.84. The van der Waals surface area contributed by atoms with E-state index in [1.807, 2.05) is 0 Å². The number of nitrogens with zero attached hydrogens (tertiary/aromatic N) is 3. The second-order valence-electron chi connectivity index (χ2n) is 3.10. The molecule has 0 spiro atoms. The van der Waals surface area contributed by atoms with Crippen LogP contribution in [-0.4, -0.2) is 31.3 Å². The van der Waals surface area contributed by atoms with Gasteiger partial charge in [0.15, 0.2) is 5.03 Å². The predicted molar refractivity (Wildman–Crippen MR) is 57.6 cm³/mol. The smallest absolute Gasteiger partial charge is 0.396 e. The highest BCUT2D eigenvalue weighted by Crippen LogP contribution is 2.29. The number of hydrogen-bond donors (Lipinski definition) is 1. The van der Waals surface area contributed by atoms with Gasteiger partial charge in [-0.05, 0) is 9.91 Å². The molecule has 0 aliphatic heterocycles. The molecule has 7 nitrogen and oxygen atoms in total. The second kappa shape index (κ2) is 4.97. The zero-order valence-corrected chi connectivity index (χ0v) is 9.65. The van der Waals surface area contributed by atoms with Crippen LogP contribution in [0.15, 0.2) is 5.03 Å².